The first kappa shape index (κ1) is 12.1. The van der Waals surface area contributed by atoms with E-state index in [-0.39, 0.29) is 6.04 Å². The lowest BCUT2D eigenvalue weighted by atomic mass is 10.0. The van der Waals surface area contributed by atoms with Gasteiger partial charge in [-0.3, -0.25) is 4.98 Å². The standard InChI is InChI=1S/C12H20N2O/c1-9-5-6-13-7-11(9)8-14-10(2)12(3,4)15/h5-7,10,14-15H,8H2,1-4H3. The second-order valence-electron chi connectivity index (χ2n) is 4.56. The Balaban J connectivity index is 2.55. The van der Waals surface area contributed by atoms with Gasteiger partial charge in [0.2, 0.25) is 0 Å². The fraction of sp³-hybridized carbons (Fsp3) is 0.583. The van der Waals surface area contributed by atoms with E-state index in [1.54, 1.807) is 20.0 Å². The van der Waals surface area contributed by atoms with Crippen LogP contribution in [0.4, 0.5) is 0 Å². The number of hydrogen-bond acceptors (Lipinski definition) is 3. The maximum atomic E-state index is 9.76. The van der Waals surface area contributed by atoms with Crippen LogP contribution in [0.25, 0.3) is 0 Å². The minimum absolute atomic E-state index is 0.0529. The second kappa shape index (κ2) is 4.73. The predicted molar refractivity (Wildman–Crippen MR) is 61.6 cm³/mol. The molecule has 3 heteroatoms. The van der Waals surface area contributed by atoms with E-state index in [9.17, 15) is 5.11 Å². The first-order chi connectivity index (χ1) is 6.91. The van der Waals surface area contributed by atoms with Gasteiger partial charge in [-0.05, 0) is 44.9 Å². The molecule has 0 fully saturated rings. The van der Waals surface area contributed by atoms with Gasteiger partial charge in [-0.25, -0.2) is 0 Å². The molecule has 1 aromatic rings. The summed E-state index contributed by atoms with van der Waals surface area (Å²) in [4.78, 5) is 4.08. The topological polar surface area (TPSA) is 45.2 Å². The number of pyridine rings is 1. The van der Waals surface area contributed by atoms with Crippen molar-refractivity contribution in [3.05, 3.63) is 29.6 Å². The van der Waals surface area contributed by atoms with Crippen molar-refractivity contribution < 1.29 is 5.11 Å². The highest BCUT2D eigenvalue weighted by Crippen LogP contribution is 2.10. The molecule has 15 heavy (non-hydrogen) atoms. The molecule has 1 unspecified atom stereocenters. The fourth-order valence-corrected chi connectivity index (χ4v) is 1.19. The van der Waals surface area contributed by atoms with Crippen molar-refractivity contribution in [2.24, 2.45) is 0 Å². The third-order valence-corrected chi connectivity index (χ3v) is 2.81. The van der Waals surface area contributed by atoms with Crippen molar-refractivity contribution in [2.75, 3.05) is 0 Å². The molecule has 1 heterocycles. The van der Waals surface area contributed by atoms with Crippen molar-refractivity contribution in [1.29, 1.82) is 0 Å². The van der Waals surface area contributed by atoms with Crippen molar-refractivity contribution in [2.45, 2.75) is 45.9 Å². The number of rotatable bonds is 4. The van der Waals surface area contributed by atoms with Crippen LogP contribution in [0.2, 0.25) is 0 Å². The molecule has 0 saturated heterocycles. The number of hydrogen-bond donors (Lipinski definition) is 2. The number of nitrogens with one attached hydrogen (secondary N) is 1. The molecule has 0 aromatic carbocycles. The van der Waals surface area contributed by atoms with Gasteiger partial charge in [0.05, 0.1) is 5.60 Å². The van der Waals surface area contributed by atoms with Crippen LogP contribution in [-0.4, -0.2) is 21.7 Å². The molecule has 2 N–H and O–H groups in total. The van der Waals surface area contributed by atoms with Crippen LogP contribution in [0, 0.1) is 6.92 Å². The van der Waals surface area contributed by atoms with Gasteiger partial charge in [-0.2, -0.15) is 0 Å². The number of aromatic nitrogens is 1. The van der Waals surface area contributed by atoms with Gasteiger partial charge in [-0.1, -0.05) is 0 Å². The Morgan fingerprint density at radius 1 is 1.53 bits per heavy atom. The molecule has 0 saturated carbocycles. The van der Waals surface area contributed by atoms with Crippen LogP contribution in [-0.2, 0) is 6.54 Å². The van der Waals surface area contributed by atoms with Crippen LogP contribution in [0.1, 0.15) is 31.9 Å². The lowest BCUT2D eigenvalue weighted by Gasteiger charge is -2.27. The number of nitrogens with zero attached hydrogens (tertiary/aromatic N) is 1. The molecule has 0 spiro atoms. The average molecular weight is 208 g/mol. The summed E-state index contributed by atoms with van der Waals surface area (Å²) in [7, 11) is 0. The van der Waals surface area contributed by atoms with E-state index in [1.807, 2.05) is 19.2 Å². The maximum absolute atomic E-state index is 9.76. The zero-order valence-electron chi connectivity index (χ0n) is 9.91. The highest BCUT2D eigenvalue weighted by atomic mass is 16.3. The predicted octanol–water partition coefficient (Wildman–Crippen LogP) is 1.64. The first-order valence-corrected chi connectivity index (χ1v) is 5.26. The number of aryl methyl sites for hydroxylation is 1. The zero-order chi connectivity index (χ0) is 11.5. The van der Waals surface area contributed by atoms with Crippen LogP contribution < -0.4 is 5.32 Å². The average Bonchev–Trinajstić information content (AvgIpc) is 2.14. The van der Waals surface area contributed by atoms with Gasteiger partial charge in [-0.15, -0.1) is 0 Å². The van der Waals surface area contributed by atoms with E-state index in [0.717, 1.165) is 6.54 Å². The Kier molecular flexibility index (Phi) is 3.83. The molecule has 0 amide bonds. The van der Waals surface area contributed by atoms with Gasteiger partial charge in [0.1, 0.15) is 0 Å². The Bertz CT molecular complexity index is 318. The molecule has 1 atom stereocenters. The largest absolute Gasteiger partial charge is 0.389 e. The van der Waals surface area contributed by atoms with Gasteiger partial charge in [0.15, 0.2) is 0 Å². The Morgan fingerprint density at radius 2 is 2.20 bits per heavy atom. The molecule has 0 aliphatic heterocycles. The Hall–Kier alpha value is -0.930. The Morgan fingerprint density at radius 3 is 2.73 bits per heavy atom. The summed E-state index contributed by atoms with van der Waals surface area (Å²) in [5, 5.41) is 13.0. The van der Waals surface area contributed by atoms with Crippen LogP contribution in [0.3, 0.4) is 0 Å². The van der Waals surface area contributed by atoms with Crippen LogP contribution in [0.5, 0.6) is 0 Å². The van der Waals surface area contributed by atoms with E-state index < -0.39 is 5.60 Å². The summed E-state index contributed by atoms with van der Waals surface area (Å²) < 4.78 is 0. The minimum Gasteiger partial charge on any atom is -0.389 e. The van der Waals surface area contributed by atoms with Crippen LogP contribution in [0.15, 0.2) is 18.5 Å². The first-order valence-electron chi connectivity index (χ1n) is 5.26. The monoisotopic (exact) mass is 208 g/mol. The Labute approximate surface area is 91.5 Å². The van der Waals surface area contributed by atoms with Gasteiger partial charge >= 0.3 is 0 Å². The van der Waals surface area contributed by atoms with Gasteiger partial charge in [0.25, 0.3) is 0 Å². The van der Waals surface area contributed by atoms with Crippen molar-refractivity contribution in [3.8, 4) is 0 Å². The van der Waals surface area contributed by atoms with Crippen molar-refractivity contribution in [3.63, 3.8) is 0 Å². The summed E-state index contributed by atoms with van der Waals surface area (Å²) in [6.45, 7) is 8.39. The maximum Gasteiger partial charge on any atom is 0.0741 e. The van der Waals surface area contributed by atoms with Crippen molar-refractivity contribution in [1.82, 2.24) is 10.3 Å². The third-order valence-electron chi connectivity index (χ3n) is 2.81. The molecule has 1 rings (SSSR count). The third kappa shape index (κ3) is 3.61. The van der Waals surface area contributed by atoms with Gasteiger partial charge < -0.3 is 10.4 Å². The van der Waals surface area contributed by atoms with Crippen LogP contribution >= 0.6 is 0 Å². The molecule has 0 aliphatic carbocycles. The SMILES string of the molecule is Cc1ccncc1CNC(C)C(C)(C)O. The zero-order valence-corrected chi connectivity index (χ0v) is 9.91. The molecule has 0 aliphatic rings. The van der Waals surface area contributed by atoms with Crippen molar-refractivity contribution >= 4 is 0 Å². The molecule has 0 radical (unpaired) electrons. The van der Waals surface area contributed by atoms with E-state index >= 15 is 0 Å². The number of aliphatic hydroxyl groups is 1. The summed E-state index contributed by atoms with van der Waals surface area (Å²) in [6, 6.07) is 2.04. The van der Waals surface area contributed by atoms with Gasteiger partial charge in [0, 0.05) is 25.0 Å². The smallest absolute Gasteiger partial charge is 0.0741 e. The molecular formula is C12H20N2O. The lowest BCUT2D eigenvalue weighted by Crippen LogP contribution is -2.44. The molecular weight excluding hydrogens is 188 g/mol. The summed E-state index contributed by atoms with van der Waals surface area (Å²) >= 11 is 0. The quantitative estimate of drug-likeness (QED) is 0.790. The molecule has 3 nitrogen and oxygen atoms in total. The molecule has 1 aromatic heterocycles. The second-order valence-corrected chi connectivity index (χ2v) is 4.56. The highest BCUT2D eigenvalue weighted by Gasteiger charge is 2.21. The van der Waals surface area contributed by atoms with E-state index in [0.29, 0.717) is 0 Å². The highest BCUT2D eigenvalue weighted by molar-refractivity contribution is 5.21. The summed E-state index contributed by atoms with van der Waals surface area (Å²) in [5.74, 6) is 0. The minimum atomic E-state index is -0.698. The fourth-order valence-electron chi connectivity index (χ4n) is 1.19. The van der Waals surface area contributed by atoms with E-state index in [2.05, 4.69) is 17.2 Å². The summed E-state index contributed by atoms with van der Waals surface area (Å²) in [6.07, 6.45) is 3.65. The lowest BCUT2D eigenvalue weighted by molar-refractivity contribution is 0.0437. The van der Waals surface area contributed by atoms with E-state index in [1.165, 1.54) is 11.1 Å². The summed E-state index contributed by atoms with van der Waals surface area (Å²) in [5.41, 5.74) is 1.70. The van der Waals surface area contributed by atoms with E-state index in [4.69, 9.17) is 0 Å². The normalized spacial score (nSPS) is 13.9. The molecule has 84 valence electrons. The molecule has 0 bridgehead atoms.